The van der Waals surface area contributed by atoms with Gasteiger partial charge in [-0.15, -0.1) is 0 Å². The normalized spacial score (nSPS) is 11.5. The minimum Gasteiger partial charge on any atom is -0.464 e. The number of H-pyrrole nitrogens is 1. The molecule has 0 amide bonds. The number of hydrogen-bond donors (Lipinski definition) is 2. The van der Waals surface area contributed by atoms with Gasteiger partial charge in [0.2, 0.25) is 0 Å². The van der Waals surface area contributed by atoms with Crippen molar-refractivity contribution in [3.8, 4) is 0 Å². The lowest BCUT2D eigenvalue weighted by atomic mass is 9.90. The molecule has 4 heteroatoms. The largest absolute Gasteiger partial charge is 0.464 e. The Morgan fingerprint density at radius 1 is 1.40 bits per heavy atom. The zero-order chi connectivity index (χ0) is 11.8. The van der Waals surface area contributed by atoms with Crippen molar-refractivity contribution in [2.75, 3.05) is 12.8 Å². The molecule has 1 heterocycles. The Bertz CT molecular complexity index is 386. The molecule has 0 atom stereocenters. The molecule has 0 bridgehead atoms. The number of hydrogen-bond acceptors (Lipinski definition) is 3. The van der Waals surface area contributed by atoms with Crippen LogP contribution in [0.4, 0.5) is 5.69 Å². The first-order chi connectivity index (χ1) is 6.79. The van der Waals surface area contributed by atoms with Gasteiger partial charge in [0.05, 0.1) is 12.8 Å². The van der Waals surface area contributed by atoms with Crippen LogP contribution in [0.2, 0.25) is 0 Å². The number of aromatic nitrogens is 1. The molecular weight excluding hydrogens is 192 g/mol. The van der Waals surface area contributed by atoms with E-state index >= 15 is 0 Å². The van der Waals surface area contributed by atoms with Crippen LogP contribution in [0, 0.1) is 6.92 Å². The second-order valence-corrected chi connectivity index (χ2v) is 4.66. The maximum absolute atomic E-state index is 11.4. The molecule has 0 aromatic carbocycles. The Labute approximate surface area is 89.8 Å². The Morgan fingerprint density at radius 3 is 2.27 bits per heavy atom. The van der Waals surface area contributed by atoms with E-state index in [4.69, 9.17) is 5.73 Å². The van der Waals surface area contributed by atoms with Crippen LogP contribution in [0.25, 0.3) is 0 Å². The average Bonchev–Trinajstić information content (AvgIpc) is 2.42. The van der Waals surface area contributed by atoms with E-state index in [2.05, 4.69) is 30.5 Å². The molecule has 15 heavy (non-hydrogen) atoms. The molecule has 0 aliphatic carbocycles. The molecule has 0 saturated carbocycles. The quantitative estimate of drug-likeness (QED) is 0.696. The number of nitrogens with one attached hydrogen (secondary N) is 1. The summed E-state index contributed by atoms with van der Waals surface area (Å²) in [4.78, 5) is 14.4. The molecule has 0 spiro atoms. The number of ether oxygens (including phenoxy) is 1. The van der Waals surface area contributed by atoms with Gasteiger partial charge in [0.15, 0.2) is 0 Å². The van der Waals surface area contributed by atoms with Gasteiger partial charge >= 0.3 is 5.97 Å². The van der Waals surface area contributed by atoms with Crippen LogP contribution >= 0.6 is 0 Å². The van der Waals surface area contributed by atoms with Crippen molar-refractivity contribution in [3.63, 3.8) is 0 Å². The number of carbonyl (C=O) groups excluding carboxylic acids is 1. The third-order valence-corrected chi connectivity index (χ3v) is 2.44. The highest BCUT2D eigenvalue weighted by atomic mass is 16.5. The van der Waals surface area contributed by atoms with Gasteiger partial charge in [-0.3, -0.25) is 0 Å². The predicted octanol–water partition coefficient (Wildman–Crippen LogP) is 1.99. The maximum Gasteiger partial charge on any atom is 0.356 e. The monoisotopic (exact) mass is 210 g/mol. The summed E-state index contributed by atoms with van der Waals surface area (Å²) < 4.78 is 4.65. The van der Waals surface area contributed by atoms with Crippen molar-refractivity contribution in [1.82, 2.24) is 4.98 Å². The topological polar surface area (TPSA) is 68.1 Å². The summed E-state index contributed by atoms with van der Waals surface area (Å²) in [5.74, 6) is -0.425. The first-order valence-electron chi connectivity index (χ1n) is 4.86. The van der Waals surface area contributed by atoms with Crippen LogP contribution in [-0.2, 0) is 10.2 Å². The molecule has 1 aromatic heterocycles. The predicted molar refractivity (Wildman–Crippen MR) is 60.0 cm³/mol. The molecule has 0 aliphatic heterocycles. The number of esters is 1. The van der Waals surface area contributed by atoms with Gasteiger partial charge in [0, 0.05) is 11.1 Å². The molecule has 4 nitrogen and oxygen atoms in total. The van der Waals surface area contributed by atoms with E-state index in [0.717, 1.165) is 11.3 Å². The van der Waals surface area contributed by atoms with Gasteiger partial charge in [0.25, 0.3) is 0 Å². The molecule has 0 radical (unpaired) electrons. The van der Waals surface area contributed by atoms with E-state index < -0.39 is 5.97 Å². The SMILES string of the molecule is COC(=O)c1[nH]c(C(C)(C)C)c(C)c1N. The van der Waals surface area contributed by atoms with Crippen LogP contribution in [0.1, 0.15) is 42.5 Å². The van der Waals surface area contributed by atoms with E-state index in [1.807, 2.05) is 6.92 Å². The first-order valence-corrected chi connectivity index (χ1v) is 4.86. The zero-order valence-electron chi connectivity index (χ0n) is 9.89. The molecule has 0 fully saturated rings. The summed E-state index contributed by atoms with van der Waals surface area (Å²) in [6.07, 6.45) is 0. The third-order valence-electron chi connectivity index (χ3n) is 2.44. The van der Waals surface area contributed by atoms with Crippen molar-refractivity contribution in [1.29, 1.82) is 0 Å². The fraction of sp³-hybridized carbons (Fsp3) is 0.545. The van der Waals surface area contributed by atoms with Crippen LogP contribution in [0.3, 0.4) is 0 Å². The smallest absolute Gasteiger partial charge is 0.356 e. The van der Waals surface area contributed by atoms with Gasteiger partial charge < -0.3 is 15.5 Å². The van der Waals surface area contributed by atoms with Gasteiger partial charge in [-0.05, 0) is 12.5 Å². The minimum absolute atomic E-state index is 0.0650. The van der Waals surface area contributed by atoms with E-state index in [9.17, 15) is 4.79 Å². The highest BCUT2D eigenvalue weighted by Crippen LogP contribution is 2.30. The molecule has 3 N–H and O–H groups in total. The lowest BCUT2D eigenvalue weighted by Gasteiger charge is -2.17. The Balaban J connectivity index is 3.31. The molecule has 0 unspecified atom stereocenters. The average molecular weight is 210 g/mol. The molecule has 0 aliphatic rings. The molecular formula is C11H18N2O2. The van der Waals surface area contributed by atoms with Crippen molar-refractivity contribution < 1.29 is 9.53 Å². The number of methoxy groups -OCH3 is 1. The second-order valence-electron chi connectivity index (χ2n) is 4.66. The fourth-order valence-electron chi connectivity index (χ4n) is 1.62. The zero-order valence-corrected chi connectivity index (χ0v) is 9.89. The van der Waals surface area contributed by atoms with Crippen molar-refractivity contribution in [2.45, 2.75) is 33.1 Å². The molecule has 1 rings (SSSR count). The maximum atomic E-state index is 11.4. The van der Waals surface area contributed by atoms with Crippen LogP contribution < -0.4 is 5.73 Å². The standard InChI is InChI=1S/C11H18N2O2/c1-6-7(12)8(10(14)15-5)13-9(6)11(2,3)4/h13H,12H2,1-5H3. The first kappa shape index (κ1) is 11.6. The summed E-state index contributed by atoms with van der Waals surface area (Å²) in [7, 11) is 1.34. The number of rotatable bonds is 1. The summed E-state index contributed by atoms with van der Waals surface area (Å²) in [5.41, 5.74) is 8.50. The van der Waals surface area contributed by atoms with Crippen LogP contribution in [0.15, 0.2) is 0 Å². The number of nitrogens with two attached hydrogens (primary N) is 1. The summed E-state index contributed by atoms with van der Waals surface area (Å²) in [6.45, 7) is 8.09. The number of anilines is 1. The number of nitrogen functional groups attached to an aromatic ring is 1. The van der Waals surface area contributed by atoms with Gasteiger partial charge in [-0.25, -0.2) is 4.79 Å². The summed E-state index contributed by atoms with van der Waals surface area (Å²) >= 11 is 0. The summed E-state index contributed by atoms with van der Waals surface area (Å²) in [6, 6.07) is 0. The highest BCUT2D eigenvalue weighted by Gasteiger charge is 2.24. The fourth-order valence-corrected chi connectivity index (χ4v) is 1.62. The van der Waals surface area contributed by atoms with E-state index in [0.29, 0.717) is 11.4 Å². The van der Waals surface area contributed by atoms with Gasteiger partial charge in [-0.1, -0.05) is 20.8 Å². The Kier molecular flexibility index (Phi) is 2.79. The highest BCUT2D eigenvalue weighted by molar-refractivity contribution is 5.94. The van der Waals surface area contributed by atoms with Gasteiger partial charge in [0.1, 0.15) is 5.69 Å². The Morgan fingerprint density at radius 2 is 1.93 bits per heavy atom. The van der Waals surface area contributed by atoms with E-state index in [1.54, 1.807) is 0 Å². The summed E-state index contributed by atoms with van der Waals surface area (Å²) in [5, 5.41) is 0. The second kappa shape index (κ2) is 3.61. The van der Waals surface area contributed by atoms with Gasteiger partial charge in [-0.2, -0.15) is 0 Å². The van der Waals surface area contributed by atoms with Crippen molar-refractivity contribution >= 4 is 11.7 Å². The van der Waals surface area contributed by atoms with Crippen LogP contribution in [0.5, 0.6) is 0 Å². The molecule has 84 valence electrons. The van der Waals surface area contributed by atoms with E-state index in [-0.39, 0.29) is 5.41 Å². The van der Waals surface area contributed by atoms with Crippen molar-refractivity contribution in [3.05, 3.63) is 17.0 Å². The molecule has 0 saturated heterocycles. The third kappa shape index (κ3) is 1.98. The van der Waals surface area contributed by atoms with Crippen molar-refractivity contribution in [2.24, 2.45) is 0 Å². The minimum atomic E-state index is -0.425. The van der Waals surface area contributed by atoms with E-state index in [1.165, 1.54) is 7.11 Å². The number of aromatic amines is 1. The lowest BCUT2D eigenvalue weighted by molar-refractivity contribution is 0.0595. The van der Waals surface area contributed by atoms with Crippen LogP contribution in [-0.4, -0.2) is 18.1 Å². The lowest BCUT2D eigenvalue weighted by Crippen LogP contribution is -2.13. The molecule has 1 aromatic rings. The Hall–Kier alpha value is -1.45. The number of carbonyl (C=O) groups is 1.